The van der Waals surface area contributed by atoms with Gasteiger partial charge < -0.3 is 15.5 Å². The molecule has 0 saturated carbocycles. The third kappa shape index (κ3) is 4.76. The molecular weight excluding hydrogens is 385 g/mol. The highest BCUT2D eigenvalue weighted by molar-refractivity contribution is 5.81. The summed E-state index contributed by atoms with van der Waals surface area (Å²) in [6.45, 7) is 1.65. The zero-order valence-electron chi connectivity index (χ0n) is 16.2. The van der Waals surface area contributed by atoms with Crippen molar-refractivity contribution in [3.05, 3.63) is 47.7 Å². The largest absolute Gasteiger partial charge is 0.433 e. The van der Waals surface area contributed by atoms with Crippen LogP contribution in [0.15, 0.2) is 36.4 Å². The molecule has 1 aromatic carbocycles. The number of hydrogen-bond acceptors (Lipinski definition) is 6. The molecule has 2 heterocycles. The monoisotopic (exact) mass is 408 g/mol. The Labute approximate surface area is 166 Å². The molecule has 1 fully saturated rings. The summed E-state index contributed by atoms with van der Waals surface area (Å²) in [4.78, 5) is 25.2. The molecule has 0 aliphatic carbocycles. The predicted octanol–water partition coefficient (Wildman–Crippen LogP) is 1.91. The van der Waals surface area contributed by atoms with Crippen LogP contribution in [0.5, 0.6) is 0 Å². The van der Waals surface area contributed by atoms with Crippen molar-refractivity contribution in [2.24, 2.45) is 5.73 Å². The summed E-state index contributed by atoms with van der Waals surface area (Å²) in [5.41, 5.74) is 5.43. The minimum absolute atomic E-state index is 0.0264. The van der Waals surface area contributed by atoms with Crippen LogP contribution in [0, 0.1) is 0 Å². The Morgan fingerprint density at radius 1 is 1.10 bits per heavy atom. The molecule has 1 amide bonds. The average molecular weight is 408 g/mol. The molecule has 1 aliphatic heterocycles. The molecule has 0 bridgehead atoms. The molecule has 1 unspecified atom stereocenters. The smallest absolute Gasteiger partial charge is 0.368 e. The molecule has 1 aliphatic rings. The van der Waals surface area contributed by atoms with Crippen LogP contribution in [0.25, 0.3) is 0 Å². The van der Waals surface area contributed by atoms with Crippen molar-refractivity contribution >= 4 is 17.7 Å². The molecule has 0 spiro atoms. The number of carbonyl (C=O) groups is 1. The Morgan fingerprint density at radius 3 is 2.24 bits per heavy atom. The Hall–Kier alpha value is -2.88. The van der Waals surface area contributed by atoms with Gasteiger partial charge in [0.05, 0.1) is 0 Å². The van der Waals surface area contributed by atoms with E-state index < -0.39 is 23.8 Å². The van der Waals surface area contributed by atoms with E-state index in [0.717, 1.165) is 11.6 Å². The van der Waals surface area contributed by atoms with E-state index in [-0.39, 0.29) is 11.8 Å². The van der Waals surface area contributed by atoms with Gasteiger partial charge in [-0.1, -0.05) is 30.3 Å². The number of nitrogens with zero attached hydrogens (tertiary/aromatic N) is 5. The summed E-state index contributed by atoms with van der Waals surface area (Å²) in [7, 11) is 3.25. The van der Waals surface area contributed by atoms with Gasteiger partial charge in [-0.25, -0.2) is 4.98 Å². The number of carbonyl (C=O) groups excluding carboxylic acids is 1. The Balaban J connectivity index is 1.80. The van der Waals surface area contributed by atoms with Gasteiger partial charge >= 0.3 is 6.18 Å². The number of primary amides is 1. The first-order valence-electron chi connectivity index (χ1n) is 9.13. The summed E-state index contributed by atoms with van der Waals surface area (Å²) in [6.07, 6.45) is -4.56. The quantitative estimate of drug-likeness (QED) is 0.814. The molecule has 2 aromatic rings. The second-order valence-corrected chi connectivity index (χ2v) is 7.04. The van der Waals surface area contributed by atoms with Crippen LogP contribution >= 0.6 is 0 Å². The predicted molar refractivity (Wildman–Crippen MR) is 104 cm³/mol. The van der Waals surface area contributed by atoms with Crippen LogP contribution < -0.4 is 15.5 Å². The Bertz CT molecular complexity index is 851. The van der Waals surface area contributed by atoms with Gasteiger partial charge in [-0.3, -0.25) is 9.69 Å². The van der Waals surface area contributed by atoms with Crippen LogP contribution in [-0.2, 0) is 11.0 Å². The lowest BCUT2D eigenvalue weighted by molar-refractivity contribution is -0.141. The first kappa shape index (κ1) is 20.8. The molecule has 3 rings (SSSR count). The van der Waals surface area contributed by atoms with Crippen molar-refractivity contribution in [2.75, 3.05) is 50.1 Å². The van der Waals surface area contributed by atoms with Crippen LogP contribution in [0.2, 0.25) is 0 Å². The molecular formula is C19H23F3N6O. The van der Waals surface area contributed by atoms with E-state index in [9.17, 15) is 18.0 Å². The maximum atomic E-state index is 13.2. The van der Waals surface area contributed by atoms with Crippen molar-refractivity contribution in [3.63, 3.8) is 0 Å². The fraction of sp³-hybridized carbons (Fsp3) is 0.421. The second-order valence-electron chi connectivity index (χ2n) is 7.04. The molecule has 7 nitrogen and oxygen atoms in total. The molecule has 29 heavy (non-hydrogen) atoms. The molecule has 1 atom stereocenters. The van der Waals surface area contributed by atoms with E-state index in [1.165, 1.54) is 4.90 Å². The van der Waals surface area contributed by atoms with E-state index in [2.05, 4.69) is 9.97 Å². The topological polar surface area (TPSA) is 78.6 Å². The van der Waals surface area contributed by atoms with E-state index in [0.29, 0.717) is 26.2 Å². The third-order valence-electron chi connectivity index (χ3n) is 4.80. The summed E-state index contributed by atoms with van der Waals surface area (Å²) in [6, 6.07) is 9.53. The Kier molecular flexibility index (Phi) is 5.92. The van der Waals surface area contributed by atoms with E-state index in [1.54, 1.807) is 19.0 Å². The van der Waals surface area contributed by atoms with Gasteiger partial charge in [-0.05, 0) is 5.56 Å². The first-order valence-corrected chi connectivity index (χ1v) is 9.13. The van der Waals surface area contributed by atoms with E-state index in [4.69, 9.17) is 5.73 Å². The van der Waals surface area contributed by atoms with Crippen LogP contribution in [0.4, 0.5) is 24.9 Å². The number of halogens is 3. The minimum Gasteiger partial charge on any atom is -0.368 e. The van der Waals surface area contributed by atoms with Crippen molar-refractivity contribution in [3.8, 4) is 0 Å². The van der Waals surface area contributed by atoms with Gasteiger partial charge in [0.25, 0.3) is 0 Å². The highest BCUT2D eigenvalue weighted by Gasteiger charge is 2.35. The fourth-order valence-corrected chi connectivity index (χ4v) is 3.31. The molecule has 10 heteroatoms. The number of piperazine rings is 1. The number of alkyl halides is 3. The van der Waals surface area contributed by atoms with Gasteiger partial charge in [-0.15, -0.1) is 0 Å². The molecule has 1 aromatic heterocycles. The van der Waals surface area contributed by atoms with Crippen LogP contribution in [0.3, 0.4) is 0 Å². The number of nitrogens with two attached hydrogens (primary N) is 1. The number of benzene rings is 1. The number of anilines is 2. The maximum absolute atomic E-state index is 13.2. The van der Waals surface area contributed by atoms with Gasteiger partial charge in [0, 0.05) is 46.3 Å². The van der Waals surface area contributed by atoms with E-state index in [1.807, 2.05) is 35.2 Å². The normalized spacial score (nSPS) is 16.5. The van der Waals surface area contributed by atoms with Crippen molar-refractivity contribution in [2.45, 2.75) is 12.2 Å². The number of rotatable bonds is 5. The lowest BCUT2D eigenvalue weighted by Crippen LogP contribution is -2.50. The van der Waals surface area contributed by atoms with Crippen molar-refractivity contribution in [1.82, 2.24) is 14.9 Å². The van der Waals surface area contributed by atoms with Gasteiger partial charge in [-0.2, -0.15) is 18.2 Å². The molecule has 0 radical (unpaired) electrons. The van der Waals surface area contributed by atoms with Gasteiger partial charge in [0.2, 0.25) is 11.9 Å². The molecule has 2 N–H and O–H groups in total. The van der Waals surface area contributed by atoms with Crippen molar-refractivity contribution < 1.29 is 18.0 Å². The zero-order valence-corrected chi connectivity index (χ0v) is 16.2. The van der Waals surface area contributed by atoms with E-state index >= 15 is 0 Å². The number of aromatic nitrogens is 2. The van der Waals surface area contributed by atoms with Crippen LogP contribution in [-0.4, -0.2) is 61.0 Å². The van der Waals surface area contributed by atoms with Crippen molar-refractivity contribution in [1.29, 1.82) is 0 Å². The summed E-state index contributed by atoms with van der Waals surface area (Å²) >= 11 is 0. The number of amides is 1. The molecule has 1 saturated heterocycles. The Morgan fingerprint density at radius 2 is 1.72 bits per heavy atom. The summed E-state index contributed by atoms with van der Waals surface area (Å²) in [5, 5.41) is 0. The number of hydrogen-bond donors (Lipinski definition) is 1. The highest BCUT2D eigenvalue weighted by Crippen LogP contribution is 2.31. The lowest BCUT2D eigenvalue weighted by Gasteiger charge is -2.38. The first-order chi connectivity index (χ1) is 13.7. The summed E-state index contributed by atoms with van der Waals surface area (Å²) in [5.74, 6) is -0.252. The zero-order chi connectivity index (χ0) is 21.2. The minimum atomic E-state index is -4.56. The van der Waals surface area contributed by atoms with Gasteiger partial charge in [0.1, 0.15) is 11.9 Å². The highest BCUT2D eigenvalue weighted by atomic mass is 19.4. The SMILES string of the molecule is CN(C)c1cc(C(F)(F)F)nc(N2CCN(C(C(N)=O)c3ccccc3)CC2)n1. The second kappa shape index (κ2) is 8.24. The standard InChI is InChI=1S/C19H23F3N6O/c1-26(2)15-12-14(19(20,21)22)24-18(25-15)28-10-8-27(9-11-28)16(17(23)29)13-6-4-3-5-7-13/h3-7,12,16H,8-11H2,1-2H3,(H2,23,29). The fourth-order valence-electron chi connectivity index (χ4n) is 3.31. The third-order valence-corrected chi connectivity index (χ3v) is 4.80. The summed E-state index contributed by atoms with van der Waals surface area (Å²) < 4.78 is 39.7. The molecule has 156 valence electrons. The van der Waals surface area contributed by atoms with Crippen LogP contribution in [0.1, 0.15) is 17.3 Å². The lowest BCUT2D eigenvalue weighted by atomic mass is 10.0. The maximum Gasteiger partial charge on any atom is 0.433 e. The average Bonchev–Trinajstić information content (AvgIpc) is 2.68. The van der Waals surface area contributed by atoms with Gasteiger partial charge in [0.15, 0.2) is 5.69 Å².